The van der Waals surface area contributed by atoms with Gasteiger partial charge in [-0.15, -0.1) is 0 Å². The third kappa shape index (κ3) is 5.00. The fourth-order valence-electron chi connectivity index (χ4n) is 2.90. The lowest BCUT2D eigenvalue weighted by Crippen LogP contribution is -2.51. The van der Waals surface area contributed by atoms with Crippen LogP contribution in [0.25, 0.3) is 0 Å². The third-order valence-corrected chi connectivity index (χ3v) is 4.32. The molecule has 0 saturated carbocycles. The van der Waals surface area contributed by atoms with Crippen molar-refractivity contribution in [2.24, 2.45) is 0 Å². The fourth-order valence-corrected chi connectivity index (χ4v) is 2.90. The summed E-state index contributed by atoms with van der Waals surface area (Å²) >= 11 is 0. The Bertz CT molecular complexity index is 228. The lowest BCUT2D eigenvalue weighted by molar-refractivity contribution is 0.0558. The van der Waals surface area contributed by atoms with E-state index in [1.165, 1.54) is 0 Å². The van der Waals surface area contributed by atoms with E-state index in [2.05, 4.69) is 34.3 Å². The van der Waals surface area contributed by atoms with Gasteiger partial charge in [0.15, 0.2) is 0 Å². The molecule has 5 nitrogen and oxygen atoms in total. The van der Waals surface area contributed by atoms with E-state index in [1.807, 2.05) is 0 Å². The van der Waals surface area contributed by atoms with Gasteiger partial charge in [0.25, 0.3) is 0 Å². The van der Waals surface area contributed by atoms with Crippen molar-refractivity contribution in [3.63, 3.8) is 0 Å². The van der Waals surface area contributed by atoms with Gasteiger partial charge in [0, 0.05) is 64.4 Å². The Labute approximate surface area is 117 Å². The van der Waals surface area contributed by atoms with E-state index in [1.54, 1.807) is 0 Å². The molecule has 0 radical (unpaired) electrons. The number of hydrogen-bond donors (Lipinski definition) is 2. The Hall–Kier alpha value is -0.200. The number of piperazine rings is 2. The van der Waals surface area contributed by atoms with E-state index in [0.29, 0.717) is 12.1 Å². The maximum atomic E-state index is 5.81. The number of rotatable bonds is 6. The Balaban J connectivity index is 1.51. The van der Waals surface area contributed by atoms with Crippen LogP contribution in [0.1, 0.15) is 13.8 Å². The van der Waals surface area contributed by atoms with Crippen molar-refractivity contribution in [2.45, 2.75) is 25.9 Å². The molecule has 2 aliphatic heterocycles. The summed E-state index contributed by atoms with van der Waals surface area (Å²) in [5.41, 5.74) is 0. The van der Waals surface area contributed by atoms with Gasteiger partial charge in [0.2, 0.25) is 0 Å². The van der Waals surface area contributed by atoms with Gasteiger partial charge in [-0.3, -0.25) is 9.80 Å². The van der Waals surface area contributed by atoms with E-state index in [-0.39, 0.29) is 0 Å². The summed E-state index contributed by atoms with van der Waals surface area (Å²) in [7, 11) is 0. The lowest BCUT2D eigenvalue weighted by Gasteiger charge is -2.34. The number of nitrogens with one attached hydrogen (secondary N) is 2. The van der Waals surface area contributed by atoms with Crippen molar-refractivity contribution < 1.29 is 4.74 Å². The summed E-state index contributed by atoms with van der Waals surface area (Å²) in [5, 5.41) is 6.84. The molecule has 19 heavy (non-hydrogen) atoms. The van der Waals surface area contributed by atoms with E-state index >= 15 is 0 Å². The Kier molecular flexibility index (Phi) is 6.53. The van der Waals surface area contributed by atoms with Crippen molar-refractivity contribution in [1.29, 1.82) is 0 Å². The van der Waals surface area contributed by atoms with Gasteiger partial charge in [0.05, 0.1) is 13.2 Å². The van der Waals surface area contributed by atoms with E-state index < -0.39 is 0 Å². The van der Waals surface area contributed by atoms with Gasteiger partial charge in [-0.25, -0.2) is 0 Å². The van der Waals surface area contributed by atoms with Crippen LogP contribution >= 0.6 is 0 Å². The monoisotopic (exact) mass is 270 g/mol. The molecule has 0 aliphatic carbocycles. The average molecular weight is 270 g/mol. The third-order valence-electron chi connectivity index (χ3n) is 4.32. The Morgan fingerprint density at radius 1 is 0.895 bits per heavy atom. The molecule has 2 atom stereocenters. The van der Waals surface area contributed by atoms with Crippen LogP contribution in [0.5, 0.6) is 0 Å². The molecule has 2 heterocycles. The quantitative estimate of drug-likeness (QED) is 0.642. The summed E-state index contributed by atoms with van der Waals surface area (Å²) in [6.07, 6.45) is 0. The first kappa shape index (κ1) is 15.2. The van der Waals surface area contributed by atoms with Crippen LogP contribution in [0.2, 0.25) is 0 Å². The molecule has 2 unspecified atom stereocenters. The summed E-state index contributed by atoms with van der Waals surface area (Å²) < 4.78 is 5.81. The minimum Gasteiger partial charge on any atom is -0.379 e. The molecule has 0 aromatic carbocycles. The molecule has 0 amide bonds. The summed E-state index contributed by atoms with van der Waals surface area (Å²) in [6, 6.07) is 1.29. The fraction of sp³-hybridized carbons (Fsp3) is 1.00. The predicted octanol–water partition coefficient (Wildman–Crippen LogP) is -0.410. The molecule has 0 aromatic rings. The molecule has 5 heteroatoms. The molecular formula is C14H30N4O. The second-order valence-electron chi connectivity index (χ2n) is 5.79. The molecule has 2 N–H and O–H groups in total. The van der Waals surface area contributed by atoms with Gasteiger partial charge in [0.1, 0.15) is 0 Å². The van der Waals surface area contributed by atoms with Crippen LogP contribution < -0.4 is 10.6 Å². The zero-order valence-corrected chi connectivity index (χ0v) is 12.5. The van der Waals surface area contributed by atoms with Crippen LogP contribution in [-0.4, -0.2) is 87.5 Å². The largest absolute Gasteiger partial charge is 0.379 e. The molecule has 0 spiro atoms. The van der Waals surface area contributed by atoms with Crippen molar-refractivity contribution in [1.82, 2.24) is 20.4 Å². The normalized spacial score (nSPS) is 30.6. The number of hydrogen-bond acceptors (Lipinski definition) is 5. The molecular weight excluding hydrogens is 240 g/mol. The van der Waals surface area contributed by atoms with Crippen molar-refractivity contribution >= 4 is 0 Å². The smallest absolute Gasteiger partial charge is 0.0594 e. The van der Waals surface area contributed by atoms with Gasteiger partial charge in [-0.2, -0.15) is 0 Å². The molecule has 2 rings (SSSR count). The first-order valence-corrected chi connectivity index (χ1v) is 7.74. The standard InChI is InChI=1S/C14H30N4O/c1-13-11-15-3-5-17(13)7-9-19-10-8-18-6-4-16-12-14(18)2/h13-16H,3-12H2,1-2H3. The number of ether oxygens (including phenoxy) is 1. The summed E-state index contributed by atoms with van der Waals surface area (Å²) in [5.74, 6) is 0. The molecule has 2 aliphatic rings. The first-order chi connectivity index (χ1) is 9.27. The predicted molar refractivity (Wildman–Crippen MR) is 78.6 cm³/mol. The van der Waals surface area contributed by atoms with E-state index in [4.69, 9.17) is 4.74 Å². The Morgan fingerprint density at radius 2 is 1.37 bits per heavy atom. The highest BCUT2D eigenvalue weighted by molar-refractivity contribution is 4.76. The van der Waals surface area contributed by atoms with Crippen LogP contribution in [0, 0.1) is 0 Å². The molecule has 2 fully saturated rings. The van der Waals surface area contributed by atoms with Crippen molar-refractivity contribution in [2.75, 3.05) is 65.6 Å². The first-order valence-electron chi connectivity index (χ1n) is 7.74. The second-order valence-corrected chi connectivity index (χ2v) is 5.79. The van der Waals surface area contributed by atoms with Crippen LogP contribution in [-0.2, 0) is 4.74 Å². The average Bonchev–Trinajstić information content (AvgIpc) is 2.42. The number of nitrogens with zero attached hydrogens (tertiary/aromatic N) is 2. The molecule has 112 valence electrons. The van der Waals surface area contributed by atoms with E-state index in [0.717, 1.165) is 65.6 Å². The van der Waals surface area contributed by atoms with Crippen LogP contribution in [0.15, 0.2) is 0 Å². The highest BCUT2D eigenvalue weighted by Gasteiger charge is 2.18. The molecule has 0 aromatic heterocycles. The second kappa shape index (κ2) is 8.17. The minimum atomic E-state index is 0.644. The summed E-state index contributed by atoms with van der Waals surface area (Å²) in [4.78, 5) is 5.04. The Morgan fingerprint density at radius 3 is 1.79 bits per heavy atom. The topological polar surface area (TPSA) is 39.8 Å². The zero-order chi connectivity index (χ0) is 13.5. The highest BCUT2D eigenvalue weighted by atomic mass is 16.5. The van der Waals surface area contributed by atoms with Crippen LogP contribution in [0.3, 0.4) is 0 Å². The van der Waals surface area contributed by atoms with Gasteiger partial charge >= 0.3 is 0 Å². The van der Waals surface area contributed by atoms with Gasteiger partial charge < -0.3 is 15.4 Å². The van der Waals surface area contributed by atoms with Crippen molar-refractivity contribution in [3.8, 4) is 0 Å². The molecule has 2 saturated heterocycles. The minimum absolute atomic E-state index is 0.644. The zero-order valence-electron chi connectivity index (χ0n) is 12.5. The molecule has 0 bridgehead atoms. The maximum absolute atomic E-state index is 5.81. The van der Waals surface area contributed by atoms with Crippen LogP contribution in [0.4, 0.5) is 0 Å². The van der Waals surface area contributed by atoms with Crippen molar-refractivity contribution in [3.05, 3.63) is 0 Å². The summed E-state index contributed by atoms with van der Waals surface area (Å²) in [6.45, 7) is 15.2. The van der Waals surface area contributed by atoms with Gasteiger partial charge in [-0.1, -0.05) is 0 Å². The lowest BCUT2D eigenvalue weighted by atomic mass is 10.2. The SMILES string of the molecule is CC1CNCCN1CCOCCN1CCNCC1C. The van der Waals surface area contributed by atoms with Gasteiger partial charge in [-0.05, 0) is 13.8 Å². The highest BCUT2D eigenvalue weighted by Crippen LogP contribution is 2.03. The van der Waals surface area contributed by atoms with E-state index in [9.17, 15) is 0 Å². The maximum Gasteiger partial charge on any atom is 0.0594 e.